The number of hydrogen-bond donors (Lipinski definition) is 1. The van der Waals surface area contributed by atoms with Crippen LogP contribution in [0, 0.1) is 6.92 Å². The lowest BCUT2D eigenvalue weighted by molar-refractivity contribution is 0.0988. The molecule has 136 valence electrons. The number of benzene rings is 1. The molecule has 0 saturated carbocycles. The van der Waals surface area contributed by atoms with Crippen LogP contribution < -0.4 is 5.32 Å². The highest BCUT2D eigenvalue weighted by Crippen LogP contribution is 2.32. The molecule has 1 amide bonds. The molecule has 0 spiro atoms. The van der Waals surface area contributed by atoms with E-state index in [1.807, 2.05) is 38.4 Å². The predicted octanol–water partition coefficient (Wildman–Crippen LogP) is 3.81. The Labute approximate surface area is 162 Å². The van der Waals surface area contributed by atoms with Gasteiger partial charge in [-0.05, 0) is 13.0 Å². The van der Waals surface area contributed by atoms with E-state index >= 15 is 0 Å². The lowest BCUT2D eigenvalue weighted by Gasteiger charge is -1.97. The number of nitrogens with zero attached hydrogens (tertiary/aromatic N) is 5. The zero-order valence-corrected chi connectivity index (χ0v) is 15.9. The first kappa shape index (κ1) is 17.4. The van der Waals surface area contributed by atoms with Gasteiger partial charge in [0.1, 0.15) is 5.69 Å². The normalized spacial score (nSPS) is 10.9. The van der Waals surface area contributed by atoms with E-state index < -0.39 is 5.91 Å². The number of hydrogen-bond acceptors (Lipinski definition) is 7. The Morgan fingerprint density at radius 2 is 2.07 bits per heavy atom. The minimum Gasteiger partial charge on any atom is -0.350 e. The van der Waals surface area contributed by atoms with Gasteiger partial charge < -0.3 is 4.52 Å². The summed E-state index contributed by atoms with van der Waals surface area (Å²) in [5.41, 5.74) is 2.90. The first-order valence-corrected chi connectivity index (χ1v) is 9.08. The van der Waals surface area contributed by atoms with Gasteiger partial charge >= 0.3 is 0 Å². The monoisotopic (exact) mass is 400 g/mol. The van der Waals surface area contributed by atoms with E-state index in [4.69, 9.17) is 16.1 Å². The van der Waals surface area contributed by atoms with E-state index in [2.05, 4.69) is 25.8 Å². The molecule has 0 aliphatic rings. The van der Waals surface area contributed by atoms with Crippen molar-refractivity contribution in [3.63, 3.8) is 0 Å². The van der Waals surface area contributed by atoms with Crippen LogP contribution in [-0.4, -0.2) is 31.0 Å². The molecule has 1 aromatic carbocycles. The molecule has 10 heteroatoms. The molecule has 0 aliphatic carbocycles. The van der Waals surface area contributed by atoms with Gasteiger partial charge in [-0.2, -0.15) is 5.10 Å². The fourth-order valence-corrected chi connectivity index (χ4v) is 3.60. The number of amides is 1. The molecule has 3 heterocycles. The average Bonchev–Trinajstić information content (AvgIpc) is 3.35. The van der Waals surface area contributed by atoms with Crippen LogP contribution >= 0.6 is 22.9 Å². The molecule has 0 unspecified atom stereocenters. The molecule has 27 heavy (non-hydrogen) atoms. The van der Waals surface area contributed by atoms with Gasteiger partial charge in [-0.3, -0.25) is 14.8 Å². The summed E-state index contributed by atoms with van der Waals surface area (Å²) in [5, 5.41) is 20.4. The minimum atomic E-state index is -0.461. The zero-order chi connectivity index (χ0) is 19.0. The first-order valence-electron chi connectivity index (χ1n) is 7.88. The molecule has 4 aromatic rings. The summed E-state index contributed by atoms with van der Waals surface area (Å²) in [7, 11) is 1.82. The summed E-state index contributed by atoms with van der Waals surface area (Å²) < 4.78 is 6.84. The number of aromatic nitrogens is 5. The van der Waals surface area contributed by atoms with E-state index in [9.17, 15) is 4.79 Å². The number of rotatable bonds is 4. The van der Waals surface area contributed by atoms with Crippen molar-refractivity contribution in [2.75, 3.05) is 5.32 Å². The Morgan fingerprint density at radius 1 is 1.26 bits per heavy atom. The molecule has 1 N–H and O–H groups in total. The van der Waals surface area contributed by atoms with Crippen LogP contribution in [0.2, 0.25) is 5.02 Å². The number of aryl methyl sites for hydroxylation is 2. The molecule has 0 saturated heterocycles. The Morgan fingerprint density at radius 3 is 2.81 bits per heavy atom. The Kier molecular flexibility index (Phi) is 4.46. The quantitative estimate of drug-likeness (QED) is 0.559. The summed E-state index contributed by atoms with van der Waals surface area (Å²) in [6, 6.07) is 8.87. The third kappa shape index (κ3) is 3.46. The third-order valence-electron chi connectivity index (χ3n) is 3.77. The van der Waals surface area contributed by atoms with Crippen molar-refractivity contribution in [3.05, 3.63) is 53.0 Å². The predicted molar refractivity (Wildman–Crippen MR) is 102 cm³/mol. The molecular formula is C17H13ClN6O2S. The topological polar surface area (TPSA) is 98.7 Å². The zero-order valence-electron chi connectivity index (χ0n) is 14.3. The van der Waals surface area contributed by atoms with Crippen molar-refractivity contribution >= 4 is 34.0 Å². The fourth-order valence-electron chi connectivity index (χ4n) is 2.54. The van der Waals surface area contributed by atoms with Crippen molar-refractivity contribution in [2.24, 2.45) is 7.05 Å². The van der Waals surface area contributed by atoms with Gasteiger partial charge in [0, 0.05) is 30.4 Å². The van der Waals surface area contributed by atoms with Gasteiger partial charge in [-0.15, -0.1) is 10.2 Å². The van der Waals surface area contributed by atoms with Crippen LogP contribution in [0.5, 0.6) is 0 Å². The maximum absolute atomic E-state index is 12.4. The molecule has 3 aromatic heterocycles. The van der Waals surface area contributed by atoms with Crippen molar-refractivity contribution in [1.29, 1.82) is 0 Å². The second kappa shape index (κ2) is 6.93. The maximum atomic E-state index is 12.4. The van der Waals surface area contributed by atoms with Gasteiger partial charge in [-0.25, -0.2) is 0 Å². The summed E-state index contributed by atoms with van der Waals surface area (Å²) in [6.45, 7) is 1.86. The number of halogens is 1. The standard InChI is InChI=1S/C17H13ClN6O2S/c1-9-11(8-24(2)22-9)13-7-14(26-23-13)15(25)19-17-21-20-16(27-17)10-5-3-4-6-12(10)18/h3-8H,1-2H3,(H,19,21,25). The SMILES string of the molecule is Cc1nn(C)cc1-c1cc(C(=O)Nc2nnc(-c3ccccc3Cl)s2)on1. The van der Waals surface area contributed by atoms with Gasteiger partial charge in [0.15, 0.2) is 5.01 Å². The smallest absolute Gasteiger partial charge is 0.296 e. The van der Waals surface area contributed by atoms with Gasteiger partial charge in [0.25, 0.3) is 5.91 Å². The minimum absolute atomic E-state index is 0.0720. The van der Waals surface area contributed by atoms with Crippen LogP contribution in [0.3, 0.4) is 0 Å². The highest BCUT2D eigenvalue weighted by molar-refractivity contribution is 7.18. The second-order valence-electron chi connectivity index (χ2n) is 5.72. The Bertz CT molecular complexity index is 1130. The van der Waals surface area contributed by atoms with Crippen molar-refractivity contribution < 1.29 is 9.32 Å². The van der Waals surface area contributed by atoms with Gasteiger partial charge in [0.05, 0.1) is 10.7 Å². The van der Waals surface area contributed by atoms with E-state index in [1.165, 1.54) is 11.3 Å². The van der Waals surface area contributed by atoms with Crippen molar-refractivity contribution in [1.82, 2.24) is 25.1 Å². The van der Waals surface area contributed by atoms with Gasteiger partial charge in [-0.1, -0.05) is 46.3 Å². The average molecular weight is 401 g/mol. The summed E-state index contributed by atoms with van der Waals surface area (Å²) in [4.78, 5) is 12.4. The molecule has 0 aliphatic heterocycles. The molecule has 0 atom stereocenters. The third-order valence-corrected chi connectivity index (χ3v) is 4.97. The first-order chi connectivity index (χ1) is 13.0. The largest absolute Gasteiger partial charge is 0.350 e. The molecule has 0 fully saturated rings. The lowest BCUT2D eigenvalue weighted by Crippen LogP contribution is -2.10. The van der Waals surface area contributed by atoms with E-state index in [1.54, 1.807) is 16.8 Å². The van der Waals surface area contributed by atoms with Crippen LogP contribution in [0.4, 0.5) is 5.13 Å². The molecule has 8 nitrogen and oxygen atoms in total. The molecular weight excluding hydrogens is 388 g/mol. The fraction of sp³-hybridized carbons (Fsp3) is 0.118. The van der Waals surface area contributed by atoms with Crippen LogP contribution in [0.15, 0.2) is 41.1 Å². The Balaban J connectivity index is 1.52. The van der Waals surface area contributed by atoms with E-state index in [0.29, 0.717) is 20.9 Å². The summed E-state index contributed by atoms with van der Waals surface area (Å²) >= 11 is 7.38. The lowest BCUT2D eigenvalue weighted by atomic mass is 10.2. The molecule has 4 rings (SSSR count). The second-order valence-corrected chi connectivity index (χ2v) is 7.11. The molecule has 0 radical (unpaired) electrons. The Hall–Kier alpha value is -3.04. The van der Waals surface area contributed by atoms with E-state index in [0.717, 1.165) is 16.8 Å². The number of nitrogens with one attached hydrogen (secondary N) is 1. The van der Waals surface area contributed by atoms with Crippen LogP contribution in [-0.2, 0) is 7.05 Å². The maximum Gasteiger partial charge on any atom is 0.296 e. The van der Waals surface area contributed by atoms with Crippen LogP contribution in [0.25, 0.3) is 21.8 Å². The van der Waals surface area contributed by atoms with Crippen LogP contribution in [0.1, 0.15) is 16.2 Å². The number of carbonyl (C=O) groups is 1. The summed E-state index contributed by atoms with van der Waals surface area (Å²) in [5.74, 6) is -0.389. The van der Waals surface area contributed by atoms with Gasteiger partial charge in [0.2, 0.25) is 10.9 Å². The highest BCUT2D eigenvalue weighted by atomic mass is 35.5. The number of anilines is 1. The summed E-state index contributed by atoms with van der Waals surface area (Å²) in [6.07, 6.45) is 1.81. The van der Waals surface area contributed by atoms with Crippen molar-refractivity contribution in [2.45, 2.75) is 6.92 Å². The molecule has 0 bridgehead atoms. The highest BCUT2D eigenvalue weighted by Gasteiger charge is 2.18. The number of carbonyl (C=O) groups excluding carboxylic acids is 1. The van der Waals surface area contributed by atoms with E-state index in [-0.39, 0.29) is 5.76 Å². The van der Waals surface area contributed by atoms with Crippen molar-refractivity contribution in [3.8, 4) is 21.8 Å².